The second-order valence-corrected chi connectivity index (χ2v) is 5.74. The lowest BCUT2D eigenvalue weighted by Crippen LogP contribution is -2.26. The number of unbranched alkanes of at least 4 members (excludes halogenated alkanes) is 2. The molecule has 2 N–H and O–H groups in total. The molecule has 1 aromatic rings. The highest BCUT2D eigenvalue weighted by Gasteiger charge is 2.15. The molecule has 4 nitrogen and oxygen atoms in total. The largest absolute Gasteiger partial charge is 0.368 e. The smallest absolute Gasteiger partial charge is 0.254 e. The fraction of sp³-hybridized carbons (Fsp3) is 0.600. The molecule has 0 unspecified atom stereocenters. The van der Waals surface area contributed by atoms with Crippen molar-refractivity contribution in [3.63, 3.8) is 0 Å². The van der Waals surface area contributed by atoms with Gasteiger partial charge < -0.3 is 10.6 Å². The maximum atomic E-state index is 14.1. The van der Waals surface area contributed by atoms with Gasteiger partial charge in [0.15, 0.2) is 11.6 Å². The highest BCUT2D eigenvalue weighted by molar-refractivity contribution is 7.98. The molecule has 0 aliphatic carbocycles. The van der Waals surface area contributed by atoms with Crippen LogP contribution in [0.3, 0.4) is 0 Å². The second-order valence-electron chi connectivity index (χ2n) is 4.76. The van der Waals surface area contributed by atoms with E-state index in [0.717, 1.165) is 31.4 Å². The number of thioether (sulfide) groups is 1. The van der Waals surface area contributed by atoms with Gasteiger partial charge in [-0.25, -0.2) is 9.37 Å². The summed E-state index contributed by atoms with van der Waals surface area (Å²) >= 11 is 1.82. The van der Waals surface area contributed by atoms with Crippen molar-refractivity contribution in [2.75, 3.05) is 30.4 Å². The van der Waals surface area contributed by atoms with E-state index in [9.17, 15) is 9.18 Å². The standard InChI is InChI=1S/C15H24FN3OS/c1-3-8-17-14-13(16)12(7-10-18-14)15(20)19-9-5-4-6-11-21-2/h7,10H,3-6,8-9,11H2,1-2H3,(H,17,18)(H,19,20). The van der Waals surface area contributed by atoms with E-state index in [1.807, 2.05) is 18.7 Å². The number of hydrogen-bond donors (Lipinski definition) is 2. The van der Waals surface area contributed by atoms with Crippen LogP contribution < -0.4 is 10.6 Å². The van der Waals surface area contributed by atoms with Crippen molar-refractivity contribution < 1.29 is 9.18 Å². The zero-order valence-corrected chi connectivity index (χ0v) is 13.6. The van der Waals surface area contributed by atoms with Crippen molar-refractivity contribution in [1.82, 2.24) is 10.3 Å². The predicted octanol–water partition coefficient (Wildman–Crippen LogP) is 3.31. The number of amides is 1. The molecule has 21 heavy (non-hydrogen) atoms. The molecule has 0 atom stereocenters. The van der Waals surface area contributed by atoms with Crippen LogP contribution in [0.1, 0.15) is 43.0 Å². The molecule has 0 saturated heterocycles. The summed E-state index contributed by atoms with van der Waals surface area (Å²) in [7, 11) is 0. The number of pyridine rings is 1. The summed E-state index contributed by atoms with van der Waals surface area (Å²) < 4.78 is 14.1. The molecule has 1 rings (SSSR count). The average molecular weight is 313 g/mol. The summed E-state index contributed by atoms with van der Waals surface area (Å²) in [5, 5.41) is 5.64. The van der Waals surface area contributed by atoms with E-state index in [1.165, 1.54) is 12.3 Å². The van der Waals surface area contributed by atoms with E-state index >= 15 is 0 Å². The van der Waals surface area contributed by atoms with Crippen LogP contribution in [-0.4, -0.2) is 36.0 Å². The minimum Gasteiger partial charge on any atom is -0.368 e. The van der Waals surface area contributed by atoms with Crippen molar-refractivity contribution in [2.24, 2.45) is 0 Å². The number of carbonyl (C=O) groups excluding carboxylic acids is 1. The summed E-state index contributed by atoms with van der Waals surface area (Å²) in [5.41, 5.74) is 0.0488. The van der Waals surface area contributed by atoms with Gasteiger partial charge in [-0.2, -0.15) is 11.8 Å². The number of aromatic nitrogens is 1. The number of anilines is 1. The number of nitrogens with zero attached hydrogens (tertiary/aromatic N) is 1. The van der Waals surface area contributed by atoms with Crippen LogP contribution in [0.15, 0.2) is 12.3 Å². The number of halogens is 1. The first kappa shape index (κ1) is 17.8. The van der Waals surface area contributed by atoms with E-state index in [4.69, 9.17) is 0 Å². The van der Waals surface area contributed by atoms with Gasteiger partial charge in [-0.3, -0.25) is 4.79 Å². The van der Waals surface area contributed by atoms with Crippen molar-refractivity contribution in [3.05, 3.63) is 23.6 Å². The van der Waals surface area contributed by atoms with Gasteiger partial charge in [-0.15, -0.1) is 0 Å². The van der Waals surface area contributed by atoms with Crippen LogP contribution in [0.4, 0.5) is 10.2 Å². The Kier molecular flexibility index (Phi) is 8.82. The molecule has 1 aromatic heterocycles. The molecule has 0 aliphatic heterocycles. The maximum Gasteiger partial charge on any atom is 0.254 e. The lowest BCUT2D eigenvalue weighted by Gasteiger charge is -2.09. The van der Waals surface area contributed by atoms with E-state index in [2.05, 4.69) is 21.9 Å². The third-order valence-electron chi connectivity index (χ3n) is 2.99. The van der Waals surface area contributed by atoms with Gasteiger partial charge in [0.05, 0.1) is 5.56 Å². The monoisotopic (exact) mass is 313 g/mol. The van der Waals surface area contributed by atoms with Crippen molar-refractivity contribution in [3.8, 4) is 0 Å². The molecule has 118 valence electrons. The first-order valence-electron chi connectivity index (χ1n) is 7.36. The lowest BCUT2D eigenvalue weighted by molar-refractivity contribution is 0.0949. The quantitative estimate of drug-likeness (QED) is 0.651. The van der Waals surface area contributed by atoms with Gasteiger partial charge in [0.1, 0.15) is 0 Å². The highest BCUT2D eigenvalue weighted by Crippen LogP contribution is 2.15. The van der Waals surface area contributed by atoms with Crippen LogP contribution in [0, 0.1) is 5.82 Å². The summed E-state index contributed by atoms with van der Waals surface area (Å²) in [6.45, 7) is 3.19. The predicted molar refractivity (Wildman–Crippen MR) is 87.5 cm³/mol. The summed E-state index contributed by atoms with van der Waals surface area (Å²) in [6, 6.07) is 1.41. The molecular weight excluding hydrogens is 289 g/mol. The maximum absolute atomic E-state index is 14.1. The van der Waals surface area contributed by atoms with Gasteiger partial charge in [0.2, 0.25) is 0 Å². The minimum atomic E-state index is -0.578. The second kappa shape index (κ2) is 10.4. The van der Waals surface area contributed by atoms with Crippen molar-refractivity contribution >= 4 is 23.5 Å². The molecule has 0 bridgehead atoms. The zero-order chi connectivity index (χ0) is 15.5. The molecule has 1 heterocycles. The van der Waals surface area contributed by atoms with E-state index in [0.29, 0.717) is 13.1 Å². The molecule has 0 fully saturated rings. The summed E-state index contributed by atoms with van der Waals surface area (Å²) in [5.74, 6) is 0.328. The Labute approximate surface area is 130 Å². The van der Waals surface area contributed by atoms with Crippen LogP contribution in [0.2, 0.25) is 0 Å². The molecule has 0 radical (unpaired) electrons. The molecule has 0 aliphatic rings. The van der Waals surface area contributed by atoms with Crippen molar-refractivity contribution in [2.45, 2.75) is 32.6 Å². The van der Waals surface area contributed by atoms with Gasteiger partial charge in [-0.05, 0) is 37.3 Å². The minimum absolute atomic E-state index is 0.0488. The van der Waals surface area contributed by atoms with Crippen LogP contribution in [-0.2, 0) is 0 Å². The molecule has 6 heteroatoms. The van der Waals surface area contributed by atoms with Gasteiger partial charge in [-0.1, -0.05) is 13.3 Å². The van der Waals surface area contributed by atoms with E-state index < -0.39 is 5.82 Å². The SMILES string of the molecule is CCCNc1nccc(C(=O)NCCCCCSC)c1F. The van der Waals surface area contributed by atoms with Gasteiger partial charge in [0.25, 0.3) is 5.91 Å². The lowest BCUT2D eigenvalue weighted by atomic mass is 10.2. The average Bonchev–Trinajstić information content (AvgIpc) is 2.49. The molecule has 0 saturated carbocycles. The Hall–Kier alpha value is -1.30. The molecule has 1 amide bonds. The third kappa shape index (κ3) is 6.33. The number of hydrogen-bond acceptors (Lipinski definition) is 4. The Morgan fingerprint density at radius 2 is 2.14 bits per heavy atom. The summed E-state index contributed by atoms with van der Waals surface area (Å²) in [6.07, 6.45) is 7.54. The first-order chi connectivity index (χ1) is 10.2. The Morgan fingerprint density at radius 3 is 2.86 bits per heavy atom. The van der Waals surface area contributed by atoms with Crippen LogP contribution >= 0.6 is 11.8 Å². The van der Waals surface area contributed by atoms with Gasteiger partial charge in [0, 0.05) is 19.3 Å². The van der Waals surface area contributed by atoms with Crippen molar-refractivity contribution in [1.29, 1.82) is 0 Å². The number of nitrogens with one attached hydrogen (secondary N) is 2. The molecular formula is C15H24FN3OS. The third-order valence-corrected chi connectivity index (χ3v) is 3.68. The van der Waals surface area contributed by atoms with E-state index in [-0.39, 0.29) is 17.3 Å². The van der Waals surface area contributed by atoms with Crippen LogP contribution in [0.5, 0.6) is 0 Å². The normalized spacial score (nSPS) is 10.4. The first-order valence-corrected chi connectivity index (χ1v) is 8.75. The number of rotatable bonds is 10. The molecule has 0 spiro atoms. The highest BCUT2D eigenvalue weighted by atomic mass is 32.2. The fourth-order valence-electron chi connectivity index (χ4n) is 1.83. The summed E-state index contributed by atoms with van der Waals surface area (Å²) in [4.78, 5) is 15.9. The van der Waals surface area contributed by atoms with E-state index in [1.54, 1.807) is 0 Å². The Morgan fingerprint density at radius 1 is 1.33 bits per heavy atom. The topological polar surface area (TPSA) is 54.0 Å². The zero-order valence-electron chi connectivity index (χ0n) is 12.7. The molecule has 0 aromatic carbocycles. The Balaban J connectivity index is 2.46. The number of carbonyl (C=O) groups is 1. The fourth-order valence-corrected chi connectivity index (χ4v) is 2.32. The van der Waals surface area contributed by atoms with Gasteiger partial charge >= 0.3 is 0 Å². The van der Waals surface area contributed by atoms with Crippen LogP contribution in [0.25, 0.3) is 0 Å². The Bertz CT molecular complexity index is 443.